The molecule has 0 saturated heterocycles. The van der Waals surface area contributed by atoms with Crippen molar-refractivity contribution in [3.8, 4) is 11.8 Å². The Balaban J connectivity index is 0.000000224. The lowest BCUT2D eigenvalue weighted by atomic mass is 9.97. The minimum atomic E-state index is 0.659. The summed E-state index contributed by atoms with van der Waals surface area (Å²) in [5, 5.41) is 0. The predicted molar refractivity (Wildman–Crippen MR) is 178 cm³/mol. The summed E-state index contributed by atoms with van der Waals surface area (Å²) < 4.78 is 0. The van der Waals surface area contributed by atoms with Crippen molar-refractivity contribution >= 4 is 6.21 Å². The molecule has 0 unspecified atom stereocenters. The van der Waals surface area contributed by atoms with Crippen LogP contribution in [0.1, 0.15) is 76.5 Å². The maximum Gasteiger partial charge on any atom is 0.0588 e. The fourth-order valence-electron chi connectivity index (χ4n) is 4.26. The molecule has 208 valence electrons. The van der Waals surface area contributed by atoms with Crippen molar-refractivity contribution in [1.29, 1.82) is 0 Å². The monoisotopic (exact) mass is 529 g/mol. The van der Waals surface area contributed by atoms with Gasteiger partial charge in [-0.05, 0) is 79.4 Å². The Morgan fingerprint density at radius 3 is 2.45 bits per heavy atom. The van der Waals surface area contributed by atoms with E-state index in [-0.39, 0.29) is 0 Å². The number of rotatable bonds is 7. The lowest BCUT2D eigenvalue weighted by Gasteiger charge is -2.08. The van der Waals surface area contributed by atoms with Crippen LogP contribution in [0.5, 0.6) is 0 Å². The third-order valence-corrected chi connectivity index (χ3v) is 6.34. The van der Waals surface area contributed by atoms with E-state index < -0.39 is 0 Å². The summed E-state index contributed by atoms with van der Waals surface area (Å²) in [4.78, 5) is 4.32. The van der Waals surface area contributed by atoms with Crippen molar-refractivity contribution in [1.82, 2.24) is 0 Å². The van der Waals surface area contributed by atoms with Crippen LogP contribution in [0.3, 0.4) is 0 Å². The first-order valence-corrected chi connectivity index (χ1v) is 14.5. The Morgan fingerprint density at radius 2 is 1.80 bits per heavy atom. The number of hydrogen-bond acceptors (Lipinski definition) is 1. The molecule has 0 aliphatic heterocycles. The molecule has 2 aliphatic carbocycles. The van der Waals surface area contributed by atoms with E-state index in [0.29, 0.717) is 11.8 Å². The van der Waals surface area contributed by atoms with E-state index >= 15 is 0 Å². The topological polar surface area (TPSA) is 12.4 Å². The molecule has 0 atom stereocenters. The van der Waals surface area contributed by atoms with Gasteiger partial charge in [-0.15, -0.1) is 0 Å². The van der Waals surface area contributed by atoms with Crippen LogP contribution in [0, 0.1) is 24.7 Å². The molecule has 1 nitrogen and oxygen atoms in total. The molecule has 0 bridgehead atoms. The molecular weight excluding hydrogens is 482 g/mol. The number of hydrogen-bond donors (Lipinski definition) is 0. The lowest BCUT2D eigenvalue weighted by molar-refractivity contribution is 0.648. The smallest absolute Gasteiger partial charge is 0.0588 e. The summed E-state index contributed by atoms with van der Waals surface area (Å²) in [7, 11) is 0. The normalized spacial score (nSPS) is 13.9. The molecule has 0 aromatic heterocycles. The minimum Gasteiger partial charge on any atom is -0.262 e. The van der Waals surface area contributed by atoms with Gasteiger partial charge in [-0.3, -0.25) is 4.99 Å². The highest BCUT2D eigenvalue weighted by Gasteiger charge is 2.03. The molecule has 0 N–H and O–H groups in total. The molecule has 0 fully saturated rings. The summed E-state index contributed by atoms with van der Waals surface area (Å²) in [6.07, 6.45) is 20.5. The molecule has 0 saturated carbocycles. The average molecular weight is 530 g/mol. The van der Waals surface area contributed by atoms with Gasteiger partial charge in [0.05, 0.1) is 5.70 Å². The third kappa shape index (κ3) is 13.3. The molecule has 2 aliphatic rings. The zero-order valence-electron chi connectivity index (χ0n) is 25.5. The van der Waals surface area contributed by atoms with Crippen molar-refractivity contribution in [3.63, 3.8) is 0 Å². The fraction of sp³-hybridized carbons (Fsp3) is 0.308. The molecule has 4 rings (SSSR count). The largest absolute Gasteiger partial charge is 0.262 e. The zero-order valence-corrected chi connectivity index (χ0v) is 25.5. The van der Waals surface area contributed by atoms with Crippen LogP contribution in [0.2, 0.25) is 0 Å². The van der Waals surface area contributed by atoms with Gasteiger partial charge in [0.1, 0.15) is 0 Å². The summed E-state index contributed by atoms with van der Waals surface area (Å²) in [6, 6.07) is 19.2. The van der Waals surface area contributed by atoms with E-state index in [1.165, 1.54) is 33.4 Å². The van der Waals surface area contributed by atoms with Crippen LogP contribution < -0.4 is 0 Å². The molecular formula is C39H47N. The van der Waals surface area contributed by atoms with Gasteiger partial charge >= 0.3 is 0 Å². The van der Waals surface area contributed by atoms with Gasteiger partial charge in [-0.2, -0.15) is 0 Å². The van der Waals surface area contributed by atoms with Crippen LogP contribution in [0.15, 0.2) is 131 Å². The van der Waals surface area contributed by atoms with Gasteiger partial charge in [-0.1, -0.05) is 142 Å². The predicted octanol–water partition coefficient (Wildman–Crippen LogP) is 10.7. The highest BCUT2D eigenvalue weighted by Crippen LogP contribution is 2.20. The third-order valence-electron chi connectivity index (χ3n) is 6.34. The maximum atomic E-state index is 4.32. The first-order chi connectivity index (χ1) is 19.3. The second kappa shape index (κ2) is 18.4. The van der Waals surface area contributed by atoms with Crippen molar-refractivity contribution < 1.29 is 0 Å². The van der Waals surface area contributed by atoms with Crippen LogP contribution in [0.4, 0.5) is 0 Å². The van der Waals surface area contributed by atoms with Crippen molar-refractivity contribution in [2.75, 3.05) is 0 Å². The highest BCUT2D eigenvalue weighted by atomic mass is 14.7. The number of nitrogens with zero attached hydrogens (tertiary/aromatic N) is 1. The van der Waals surface area contributed by atoms with E-state index in [1.54, 1.807) is 0 Å². The first-order valence-electron chi connectivity index (χ1n) is 14.5. The minimum absolute atomic E-state index is 0.659. The lowest BCUT2D eigenvalue weighted by Crippen LogP contribution is -1.92. The summed E-state index contributed by atoms with van der Waals surface area (Å²) >= 11 is 0. The zero-order chi connectivity index (χ0) is 29.2. The molecule has 0 heterocycles. The van der Waals surface area contributed by atoms with Gasteiger partial charge < -0.3 is 0 Å². The van der Waals surface area contributed by atoms with E-state index in [4.69, 9.17) is 0 Å². The van der Waals surface area contributed by atoms with Gasteiger partial charge in [-0.25, -0.2) is 0 Å². The summed E-state index contributed by atoms with van der Waals surface area (Å²) in [6.45, 7) is 17.0. The van der Waals surface area contributed by atoms with Crippen LogP contribution in [-0.4, -0.2) is 6.21 Å². The van der Waals surface area contributed by atoms with E-state index in [9.17, 15) is 0 Å². The fourth-order valence-corrected chi connectivity index (χ4v) is 4.26. The highest BCUT2D eigenvalue weighted by molar-refractivity contribution is 5.56. The van der Waals surface area contributed by atoms with Crippen molar-refractivity contribution in [2.45, 2.75) is 73.1 Å². The molecule has 2 aromatic rings. The average Bonchev–Trinajstić information content (AvgIpc) is 3.34. The number of aryl methyl sites for hydroxylation is 1. The number of allylic oxidation sites excluding steroid dienone is 10. The second-order valence-electron chi connectivity index (χ2n) is 10.9. The molecule has 1 heteroatoms. The van der Waals surface area contributed by atoms with Crippen LogP contribution >= 0.6 is 0 Å². The van der Waals surface area contributed by atoms with Crippen LogP contribution in [0.25, 0.3) is 0 Å². The van der Waals surface area contributed by atoms with E-state index in [2.05, 4.69) is 143 Å². The molecule has 0 radical (unpaired) electrons. The Kier molecular flexibility index (Phi) is 14.9. The maximum absolute atomic E-state index is 4.32. The first kappa shape index (κ1) is 32.3. The Labute approximate surface area is 244 Å². The SMILES string of the molecule is C=C(CC(C)C)C1=CC#CCC=C1.CC(C)c1ccccc1.CC=NC1=CCC(Cc2cccc(C)c2)=CC=C1. The van der Waals surface area contributed by atoms with E-state index in [1.807, 2.05) is 25.3 Å². The molecule has 0 amide bonds. The number of benzene rings is 2. The van der Waals surface area contributed by atoms with Gasteiger partial charge in [0.2, 0.25) is 0 Å². The summed E-state index contributed by atoms with van der Waals surface area (Å²) in [5.74, 6) is 7.37. The molecule has 2 aromatic carbocycles. The second-order valence-corrected chi connectivity index (χ2v) is 10.9. The summed E-state index contributed by atoms with van der Waals surface area (Å²) in [5.41, 5.74) is 8.99. The van der Waals surface area contributed by atoms with Crippen LogP contribution in [-0.2, 0) is 6.42 Å². The standard InChI is InChI=1S/C17H19N.C13H16.C9H12/c1-3-18-17-9-5-7-15(10-11-17)13-16-8-4-6-14(2)12-16;1-11(2)10-12(3)13-8-6-4-5-7-9-13;1-8(2)9-6-4-3-5-7-9/h3-9,11-12H,10,13H2,1-2H3;6,8-9,11H,3-4,10H2,1-2H3;3-8H,1-2H3. The van der Waals surface area contributed by atoms with Gasteiger partial charge in [0.25, 0.3) is 0 Å². The molecule has 40 heavy (non-hydrogen) atoms. The van der Waals surface area contributed by atoms with Crippen molar-refractivity contribution in [3.05, 3.63) is 143 Å². The van der Waals surface area contributed by atoms with E-state index in [0.717, 1.165) is 31.4 Å². The quantitative estimate of drug-likeness (QED) is 0.250. The molecule has 0 spiro atoms. The Morgan fingerprint density at radius 1 is 1.02 bits per heavy atom. The van der Waals surface area contributed by atoms with Gasteiger partial charge in [0, 0.05) is 12.6 Å². The van der Waals surface area contributed by atoms with Crippen molar-refractivity contribution in [2.24, 2.45) is 10.9 Å². The van der Waals surface area contributed by atoms with Gasteiger partial charge in [0.15, 0.2) is 0 Å². The Hall–Kier alpha value is -3.89. The Bertz CT molecular complexity index is 1310. The number of aliphatic imine (C=N–C) groups is 1.